The van der Waals surface area contributed by atoms with E-state index < -0.39 is 5.60 Å². The van der Waals surface area contributed by atoms with Crippen LogP contribution in [0.5, 0.6) is 0 Å². The summed E-state index contributed by atoms with van der Waals surface area (Å²) < 4.78 is 5.54. The Morgan fingerprint density at radius 1 is 1.36 bits per heavy atom. The fourth-order valence-electron chi connectivity index (χ4n) is 2.32. The van der Waals surface area contributed by atoms with Crippen molar-refractivity contribution in [3.63, 3.8) is 0 Å². The van der Waals surface area contributed by atoms with Crippen LogP contribution in [0.2, 0.25) is 0 Å². The van der Waals surface area contributed by atoms with Crippen molar-refractivity contribution in [2.45, 2.75) is 65.0 Å². The molecular formula is C17H29NO3S. The van der Waals surface area contributed by atoms with Crippen molar-refractivity contribution in [3.8, 4) is 0 Å². The maximum atomic E-state index is 12.5. The number of aldehydes is 1. The second-order valence-electron chi connectivity index (χ2n) is 7.52. The molecule has 0 aromatic rings. The smallest absolute Gasteiger partial charge is 0.411 e. The lowest BCUT2D eigenvalue weighted by molar-refractivity contribution is -0.110. The monoisotopic (exact) mass is 327 g/mol. The van der Waals surface area contributed by atoms with Gasteiger partial charge in [0.25, 0.3) is 0 Å². The molecule has 0 spiro atoms. The van der Waals surface area contributed by atoms with E-state index in [-0.39, 0.29) is 28.8 Å². The zero-order chi connectivity index (χ0) is 17.1. The lowest BCUT2D eigenvalue weighted by Gasteiger charge is -2.35. The average molecular weight is 327 g/mol. The molecular weight excluding hydrogens is 298 g/mol. The number of amides is 1. The molecule has 0 radical (unpaired) electrons. The Morgan fingerprint density at radius 2 is 1.95 bits per heavy atom. The molecule has 1 fully saturated rings. The average Bonchev–Trinajstić information content (AvgIpc) is 2.62. The van der Waals surface area contributed by atoms with Crippen molar-refractivity contribution in [2.24, 2.45) is 11.8 Å². The fourth-order valence-corrected chi connectivity index (χ4v) is 3.51. The van der Waals surface area contributed by atoms with Gasteiger partial charge in [0, 0.05) is 11.7 Å². The van der Waals surface area contributed by atoms with Gasteiger partial charge >= 0.3 is 6.09 Å². The summed E-state index contributed by atoms with van der Waals surface area (Å²) in [6.45, 7) is 13.7. The van der Waals surface area contributed by atoms with Crippen molar-refractivity contribution in [1.29, 1.82) is 0 Å². The molecule has 0 saturated carbocycles. The van der Waals surface area contributed by atoms with E-state index >= 15 is 0 Å². The summed E-state index contributed by atoms with van der Waals surface area (Å²) in [5.74, 6) is 0.951. The normalized spacial score (nSPS) is 23.1. The lowest BCUT2D eigenvalue weighted by atomic mass is 9.96. The van der Waals surface area contributed by atoms with Crippen molar-refractivity contribution in [3.05, 3.63) is 12.2 Å². The molecule has 0 bridgehead atoms. The largest absolute Gasteiger partial charge is 0.444 e. The number of rotatable bonds is 4. The van der Waals surface area contributed by atoms with Crippen molar-refractivity contribution >= 4 is 24.1 Å². The molecule has 2 atom stereocenters. The molecule has 5 heteroatoms. The molecule has 0 aromatic carbocycles. The highest BCUT2D eigenvalue weighted by Crippen LogP contribution is 2.40. The predicted octanol–water partition coefficient (Wildman–Crippen LogP) is 4.10. The zero-order valence-electron chi connectivity index (χ0n) is 14.8. The molecule has 0 N–H and O–H groups in total. The number of carbonyl (C=O) groups is 2. The van der Waals surface area contributed by atoms with Gasteiger partial charge in [-0.25, -0.2) is 4.79 Å². The Labute approximate surface area is 138 Å². The van der Waals surface area contributed by atoms with Gasteiger partial charge in [-0.15, -0.1) is 11.8 Å². The van der Waals surface area contributed by atoms with Gasteiger partial charge in [0.15, 0.2) is 0 Å². The number of hydrogen-bond donors (Lipinski definition) is 0. The molecule has 1 rings (SSSR count). The SMILES string of the molecule is CC(C)[C@H](C=O)/C=C/[C@@H]1CSC(C)(C)N1C(=O)OC(C)(C)C. The quantitative estimate of drug-likeness (QED) is 0.576. The molecule has 126 valence electrons. The first-order chi connectivity index (χ1) is 9.98. The molecule has 4 nitrogen and oxygen atoms in total. The molecule has 0 aliphatic carbocycles. The van der Waals surface area contributed by atoms with Crippen molar-refractivity contribution < 1.29 is 14.3 Å². The highest BCUT2D eigenvalue weighted by atomic mass is 32.2. The summed E-state index contributed by atoms with van der Waals surface area (Å²) >= 11 is 1.72. The van der Waals surface area contributed by atoms with Gasteiger partial charge in [-0.3, -0.25) is 4.90 Å². The molecule has 1 heterocycles. The maximum absolute atomic E-state index is 12.5. The van der Waals surface area contributed by atoms with Crippen molar-refractivity contribution in [1.82, 2.24) is 4.90 Å². The zero-order valence-corrected chi connectivity index (χ0v) is 15.6. The Bertz CT molecular complexity index is 438. The van der Waals surface area contributed by atoms with Crippen LogP contribution in [-0.2, 0) is 9.53 Å². The summed E-state index contributed by atoms with van der Waals surface area (Å²) in [5.41, 5.74) is -0.516. The lowest BCUT2D eigenvalue weighted by Crippen LogP contribution is -2.48. The second-order valence-corrected chi connectivity index (χ2v) is 9.14. The Morgan fingerprint density at radius 3 is 2.41 bits per heavy atom. The number of ether oxygens (including phenoxy) is 1. The van der Waals surface area contributed by atoms with E-state index in [2.05, 4.69) is 0 Å². The van der Waals surface area contributed by atoms with Crippen LogP contribution in [-0.4, -0.2) is 39.5 Å². The summed E-state index contributed by atoms with van der Waals surface area (Å²) in [7, 11) is 0. The predicted molar refractivity (Wildman–Crippen MR) is 91.9 cm³/mol. The summed E-state index contributed by atoms with van der Waals surface area (Å²) in [4.78, 5) is 25.1. The summed E-state index contributed by atoms with van der Waals surface area (Å²) in [6.07, 6.45) is 4.56. The topological polar surface area (TPSA) is 46.6 Å². The van der Waals surface area contributed by atoms with Crippen LogP contribution in [0.4, 0.5) is 4.79 Å². The summed E-state index contributed by atoms with van der Waals surface area (Å²) in [5, 5.41) is 0. The van der Waals surface area contributed by atoms with Gasteiger partial charge in [-0.2, -0.15) is 0 Å². The third-order valence-corrected chi connectivity index (χ3v) is 5.00. The van der Waals surface area contributed by atoms with E-state index in [9.17, 15) is 9.59 Å². The number of thioether (sulfide) groups is 1. The molecule has 0 unspecified atom stereocenters. The standard InChI is InChI=1S/C17H29NO3S/c1-12(2)13(10-19)8-9-14-11-22-17(6,7)18(14)15(20)21-16(3,4)5/h8-10,12-14H,11H2,1-7H3/b9-8+/t13-,14+/m0/s1. The molecule has 1 aliphatic rings. The van der Waals surface area contributed by atoms with Gasteiger partial charge in [0.2, 0.25) is 0 Å². The summed E-state index contributed by atoms with van der Waals surface area (Å²) in [6, 6.07) is -0.0453. The first-order valence-electron chi connectivity index (χ1n) is 7.78. The maximum Gasteiger partial charge on any atom is 0.411 e. The number of carbonyl (C=O) groups excluding carboxylic acids is 2. The second kappa shape index (κ2) is 7.07. The van der Waals surface area contributed by atoms with Gasteiger partial charge in [-0.1, -0.05) is 26.0 Å². The Balaban J connectivity index is 2.92. The third-order valence-electron chi connectivity index (χ3n) is 3.59. The number of nitrogens with zero attached hydrogens (tertiary/aromatic N) is 1. The number of allylic oxidation sites excluding steroid dienone is 1. The molecule has 1 aliphatic heterocycles. The van der Waals surface area contributed by atoms with E-state index in [4.69, 9.17) is 4.74 Å². The van der Waals surface area contributed by atoms with E-state index in [1.54, 1.807) is 16.7 Å². The first-order valence-corrected chi connectivity index (χ1v) is 8.76. The molecule has 1 amide bonds. The van der Waals surface area contributed by atoms with E-state index in [0.29, 0.717) is 0 Å². The molecule has 0 aromatic heterocycles. The van der Waals surface area contributed by atoms with E-state index in [0.717, 1.165) is 12.0 Å². The minimum Gasteiger partial charge on any atom is -0.444 e. The van der Waals surface area contributed by atoms with Crippen LogP contribution in [0, 0.1) is 11.8 Å². The van der Waals surface area contributed by atoms with Crippen LogP contribution < -0.4 is 0 Å². The van der Waals surface area contributed by atoms with Gasteiger partial charge in [0.1, 0.15) is 11.9 Å². The Kier molecular flexibility index (Phi) is 6.13. The Hall–Kier alpha value is -0.970. The molecule has 22 heavy (non-hydrogen) atoms. The highest BCUT2D eigenvalue weighted by molar-refractivity contribution is 8.00. The third kappa shape index (κ3) is 5.04. The van der Waals surface area contributed by atoms with Crippen LogP contribution in [0.15, 0.2) is 12.2 Å². The van der Waals surface area contributed by atoms with Gasteiger partial charge < -0.3 is 9.53 Å². The number of hydrogen-bond acceptors (Lipinski definition) is 4. The minimum absolute atomic E-state index is 0.0453. The van der Waals surface area contributed by atoms with Crippen molar-refractivity contribution in [2.75, 3.05) is 5.75 Å². The van der Waals surface area contributed by atoms with Gasteiger partial charge in [-0.05, 0) is 40.5 Å². The fraction of sp³-hybridized carbons (Fsp3) is 0.765. The van der Waals surface area contributed by atoms with E-state index in [1.165, 1.54) is 0 Å². The first kappa shape index (κ1) is 19.1. The van der Waals surface area contributed by atoms with Crippen LogP contribution in [0.25, 0.3) is 0 Å². The van der Waals surface area contributed by atoms with Crippen LogP contribution >= 0.6 is 11.8 Å². The van der Waals surface area contributed by atoms with Crippen LogP contribution in [0.3, 0.4) is 0 Å². The van der Waals surface area contributed by atoms with E-state index in [1.807, 2.05) is 60.6 Å². The van der Waals surface area contributed by atoms with Gasteiger partial charge in [0.05, 0.1) is 10.9 Å². The highest BCUT2D eigenvalue weighted by Gasteiger charge is 2.44. The van der Waals surface area contributed by atoms with Crippen LogP contribution in [0.1, 0.15) is 48.5 Å². The molecule has 1 saturated heterocycles. The minimum atomic E-state index is -0.516.